The fourth-order valence-corrected chi connectivity index (χ4v) is 3.39. The van der Waals surface area contributed by atoms with E-state index in [0.29, 0.717) is 18.0 Å². The van der Waals surface area contributed by atoms with Gasteiger partial charge < -0.3 is 20.1 Å². The summed E-state index contributed by atoms with van der Waals surface area (Å²) in [6, 6.07) is 17.2. The zero-order valence-corrected chi connectivity index (χ0v) is 15.1. The van der Waals surface area contributed by atoms with Crippen LogP contribution in [0.5, 0.6) is 5.75 Å². The molecule has 1 saturated heterocycles. The van der Waals surface area contributed by atoms with Crippen LogP contribution in [0.4, 0.5) is 5.69 Å². The van der Waals surface area contributed by atoms with E-state index in [2.05, 4.69) is 10.2 Å². The molecule has 0 unspecified atom stereocenters. The van der Waals surface area contributed by atoms with Gasteiger partial charge in [-0.1, -0.05) is 42.5 Å². The zero-order valence-electron chi connectivity index (χ0n) is 15.1. The van der Waals surface area contributed by atoms with Crippen molar-refractivity contribution in [1.82, 2.24) is 4.90 Å². The van der Waals surface area contributed by atoms with Gasteiger partial charge in [0, 0.05) is 12.5 Å². The number of rotatable bonds is 6. The molecule has 2 aromatic rings. The summed E-state index contributed by atoms with van der Waals surface area (Å²) < 4.78 is 5.29. The second-order valence-electron chi connectivity index (χ2n) is 6.69. The van der Waals surface area contributed by atoms with Crippen LogP contribution in [0.1, 0.15) is 24.5 Å². The van der Waals surface area contributed by atoms with Crippen LogP contribution in [0, 0.1) is 5.92 Å². The number of β-amino-alcohol motifs (C(OH)–C–C–N with tert-alkyl or cyclic N) is 1. The van der Waals surface area contributed by atoms with E-state index in [9.17, 15) is 9.90 Å². The minimum atomic E-state index is -0.491. The number of hydrogen-bond acceptors (Lipinski definition) is 4. The molecule has 1 aliphatic rings. The van der Waals surface area contributed by atoms with Crippen LogP contribution >= 0.6 is 0 Å². The predicted octanol–water partition coefficient (Wildman–Crippen LogP) is 3.08. The number of aliphatic hydroxyl groups excluding tert-OH is 1. The van der Waals surface area contributed by atoms with Gasteiger partial charge in [0.2, 0.25) is 5.91 Å². The van der Waals surface area contributed by atoms with Gasteiger partial charge in [-0.05, 0) is 43.6 Å². The fraction of sp³-hybridized carbons (Fsp3) is 0.381. The van der Waals surface area contributed by atoms with Gasteiger partial charge in [0.1, 0.15) is 5.75 Å². The van der Waals surface area contributed by atoms with Crippen LogP contribution < -0.4 is 10.1 Å². The van der Waals surface area contributed by atoms with Crippen LogP contribution in [0.3, 0.4) is 0 Å². The average Bonchev–Trinajstić information content (AvgIpc) is 2.69. The minimum Gasteiger partial charge on any atom is -0.495 e. The molecule has 2 N–H and O–H groups in total. The van der Waals surface area contributed by atoms with Crippen molar-refractivity contribution < 1.29 is 14.6 Å². The van der Waals surface area contributed by atoms with Gasteiger partial charge >= 0.3 is 0 Å². The molecule has 3 rings (SSSR count). The molecule has 0 spiro atoms. The van der Waals surface area contributed by atoms with Crippen molar-refractivity contribution in [2.45, 2.75) is 18.9 Å². The SMILES string of the molecule is COc1ccccc1NC(=O)C1CCN(C[C@@H](O)c2ccccc2)CC1. The summed E-state index contributed by atoms with van der Waals surface area (Å²) in [5.41, 5.74) is 1.64. The molecule has 0 aromatic heterocycles. The highest BCUT2D eigenvalue weighted by molar-refractivity contribution is 5.94. The van der Waals surface area contributed by atoms with Gasteiger partial charge in [0.25, 0.3) is 0 Å². The summed E-state index contributed by atoms with van der Waals surface area (Å²) in [6.07, 6.45) is 1.10. The lowest BCUT2D eigenvalue weighted by Gasteiger charge is -2.32. The number of methoxy groups -OCH3 is 1. The first-order valence-corrected chi connectivity index (χ1v) is 9.06. The molecule has 26 heavy (non-hydrogen) atoms. The summed E-state index contributed by atoms with van der Waals surface area (Å²) in [7, 11) is 1.60. The number of piperidine rings is 1. The van der Waals surface area contributed by atoms with Crippen molar-refractivity contribution in [3.63, 3.8) is 0 Å². The van der Waals surface area contributed by atoms with E-state index >= 15 is 0 Å². The topological polar surface area (TPSA) is 61.8 Å². The van der Waals surface area contributed by atoms with E-state index in [-0.39, 0.29) is 11.8 Å². The van der Waals surface area contributed by atoms with Crippen molar-refractivity contribution in [3.05, 3.63) is 60.2 Å². The van der Waals surface area contributed by atoms with E-state index in [0.717, 1.165) is 31.5 Å². The number of nitrogens with one attached hydrogen (secondary N) is 1. The molecular weight excluding hydrogens is 328 g/mol. The predicted molar refractivity (Wildman–Crippen MR) is 102 cm³/mol. The van der Waals surface area contributed by atoms with Crippen LogP contribution in [0.2, 0.25) is 0 Å². The molecule has 1 heterocycles. The lowest BCUT2D eigenvalue weighted by atomic mass is 9.95. The highest BCUT2D eigenvalue weighted by atomic mass is 16.5. The quantitative estimate of drug-likeness (QED) is 0.837. The van der Waals surface area contributed by atoms with Gasteiger partial charge in [0.15, 0.2) is 0 Å². The lowest BCUT2D eigenvalue weighted by Crippen LogP contribution is -2.40. The van der Waals surface area contributed by atoms with Gasteiger partial charge in [0.05, 0.1) is 18.9 Å². The maximum absolute atomic E-state index is 12.6. The number of ether oxygens (including phenoxy) is 1. The largest absolute Gasteiger partial charge is 0.495 e. The van der Waals surface area contributed by atoms with Crippen molar-refractivity contribution in [1.29, 1.82) is 0 Å². The Labute approximate surface area is 154 Å². The number of anilines is 1. The molecule has 0 saturated carbocycles. The third-order valence-electron chi connectivity index (χ3n) is 4.94. The van der Waals surface area contributed by atoms with Gasteiger partial charge in [-0.25, -0.2) is 0 Å². The van der Waals surface area contributed by atoms with E-state index in [1.165, 1.54) is 0 Å². The molecule has 5 nitrogen and oxygen atoms in total. The highest BCUT2D eigenvalue weighted by Crippen LogP contribution is 2.26. The highest BCUT2D eigenvalue weighted by Gasteiger charge is 2.26. The first-order chi connectivity index (χ1) is 12.7. The van der Waals surface area contributed by atoms with Crippen LogP contribution in [-0.2, 0) is 4.79 Å². The maximum Gasteiger partial charge on any atom is 0.227 e. The Balaban J connectivity index is 1.49. The Morgan fingerprint density at radius 2 is 1.81 bits per heavy atom. The Hall–Kier alpha value is -2.37. The molecule has 0 radical (unpaired) electrons. The Kier molecular flexibility index (Phi) is 6.26. The molecule has 0 bridgehead atoms. The summed E-state index contributed by atoms with van der Waals surface area (Å²) in [5.74, 6) is 0.701. The standard InChI is InChI=1S/C21H26N2O3/c1-26-20-10-6-5-9-18(20)22-21(25)17-11-13-23(14-12-17)15-19(24)16-7-3-2-4-8-16/h2-10,17,19,24H,11-15H2,1H3,(H,22,25)/t19-/m1/s1. The first-order valence-electron chi connectivity index (χ1n) is 9.06. The number of likely N-dealkylation sites (tertiary alicyclic amines) is 1. The van der Waals surface area contributed by atoms with Gasteiger partial charge in [-0.2, -0.15) is 0 Å². The number of para-hydroxylation sites is 2. The molecule has 1 fully saturated rings. The number of carbonyl (C=O) groups excluding carboxylic acids is 1. The Morgan fingerprint density at radius 3 is 2.50 bits per heavy atom. The van der Waals surface area contributed by atoms with Gasteiger partial charge in [-0.15, -0.1) is 0 Å². The zero-order chi connectivity index (χ0) is 18.4. The van der Waals surface area contributed by atoms with Crippen LogP contribution in [-0.4, -0.2) is 42.7 Å². The molecule has 0 aliphatic carbocycles. The van der Waals surface area contributed by atoms with Crippen molar-refractivity contribution in [3.8, 4) is 5.75 Å². The number of hydrogen-bond donors (Lipinski definition) is 2. The Morgan fingerprint density at radius 1 is 1.15 bits per heavy atom. The second-order valence-corrected chi connectivity index (χ2v) is 6.69. The van der Waals surface area contributed by atoms with Crippen molar-refractivity contribution >= 4 is 11.6 Å². The summed E-state index contributed by atoms with van der Waals surface area (Å²) in [4.78, 5) is 14.8. The summed E-state index contributed by atoms with van der Waals surface area (Å²) >= 11 is 0. The monoisotopic (exact) mass is 354 g/mol. The molecular formula is C21H26N2O3. The third-order valence-corrected chi connectivity index (χ3v) is 4.94. The van der Waals surface area contributed by atoms with Crippen LogP contribution in [0.25, 0.3) is 0 Å². The van der Waals surface area contributed by atoms with Crippen molar-refractivity contribution in [2.24, 2.45) is 5.92 Å². The number of carbonyl (C=O) groups is 1. The van der Waals surface area contributed by atoms with E-state index < -0.39 is 6.10 Å². The average molecular weight is 354 g/mol. The molecule has 1 atom stereocenters. The summed E-state index contributed by atoms with van der Waals surface area (Å²) in [5, 5.41) is 13.3. The minimum absolute atomic E-state index is 0.00923. The fourth-order valence-electron chi connectivity index (χ4n) is 3.39. The molecule has 1 aliphatic heterocycles. The lowest BCUT2D eigenvalue weighted by molar-refractivity contribution is -0.121. The number of nitrogens with zero attached hydrogens (tertiary/aromatic N) is 1. The molecule has 2 aromatic carbocycles. The van der Waals surface area contributed by atoms with Crippen molar-refractivity contribution in [2.75, 3.05) is 32.1 Å². The van der Waals surface area contributed by atoms with E-state index in [1.54, 1.807) is 7.11 Å². The van der Waals surface area contributed by atoms with E-state index in [4.69, 9.17) is 4.74 Å². The molecule has 138 valence electrons. The molecule has 1 amide bonds. The number of benzene rings is 2. The smallest absolute Gasteiger partial charge is 0.227 e. The normalized spacial score (nSPS) is 16.8. The van der Waals surface area contributed by atoms with Gasteiger partial charge in [-0.3, -0.25) is 4.79 Å². The number of aliphatic hydroxyl groups is 1. The number of amides is 1. The maximum atomic E-state index is 12.6. The summed E-state index contributed by atoms with van der Waals surface area (Å²) in [6.45, 7) is 2.23. The van der Waals surface area contributed by atoms with E-state index in [1.807, 2.05) is 54.6 Å². The Bertz CT molecular complexity index is 712. The third kappa shape index (κ3) is 4.62. The first kappa shape index (κ1) is 18.4. The second kappa shape index (κ2) is 8.83. The van der Waals surface area contributed by atoms with Crippen LogP contribution in [0.15, 0.2) is 54.6 Å². The molecule has 5 heteroatoms.